The summed E-state index contributed by atoms with van der Waals surface area (Å²) in [5, 5.41) is 9.84. The van der Waals surface area contributed by atoms with Gasteiger partial charge in [-0.3, -0.25) is 0 Å². The average Bonchev–Trinajstić information content (AvgIpc) is 2.38. The molecule has 1 saturated heterocycles. The number of aliphatic hydroxyl groups is 1. The molecule has 94 valence electrons. The minimum Gasteiger partial charge on any atom is -0.389 e. The summed E-state index contributed by atoms with van der Waals surface area (Å²) in [5.41, 5.74) is 2.16. The summed E-state index contributed by atoms with van der Waals surface area (Å²) in [6.45, 7) is 6.45. The first-order valence-corrected chi connectivity index (χ1v) is 6.35. The van der Waals surface area contributed by atoms with Crippen molar-refractivity contribution in [2.75, 3.05) is 24.7 Å². The van der Waals surface area contributed by atoms with Crippen molar-refractivity contribution in [3.05, 3.63) is 29.8 Å². The molecule has 1 N–H and O–H groups in total. The van der Waals surface area contributed by atoms with Crippen molar-refractivity contribution in [1.82, 2.24) is 0 Å². The Balaban J connectivity index is 2.31. The number of para-hydroxylation sites is 1. The van der Waals surface area contributed by atoms with E-state index in [1.54, 1.807) is 0 Å². The smallest absolute Gasteiger partial charge is 0.0781 e. The van der Waals surface area contributed by atoms with E-state index in [4.69, 9.17) is 4.74 Å². The van der Waals surface area contributed by atoms with Crippen molar-refractivity contribution in [3.8, 4) is 0 Å². The van der Waals surface area contributed by atoms with Gasteiger partial charge in [-0.25, -0.2) is 0 Å². The standard InChI is InChI=1S/C14H21NO2/c1-3-12-10-17-9-8-15(12)14-7-5-4-6-13(14)11(2)16/h4-7,11-12,16H,3,8-10H2,1-2H3/t11-,12?/m1/s1. The lowest BCUT2D eigenvalue weighted by Gasteiger charge is -2.38. The van der Waals surface area contributed by atoms with Crippen LogP contribution < -0.4 is 4.90 Å². The third kappa shape index (κ3) is 2.61. The number of benzene rings is 1. The molecule has 3 heteroatoms. The summed E-state index contributed by atoms with van der Waals surface area (Å²) < 4.78 is 5.52. The molecule has 17 heavy (non-hydrogen) atoms. The van der Waals surface area contributed by atoms with Crippen LogP contribution in [-0.2, 0) is 4.74 Å². The van der Waals surface area contributed by atoms with Crippen molar-refractivity contribution >= 4 is 5.69 Å². The maximum atomic E-state index is 9.84. The predicted octanol–water partition coefficient (Wildman–Crippen LogP) is 2.36. The van der Waals surface area contributed by atoms with Gasteiger partial charge in [-0.15, -0.1) is 0 Å². The van der Waals surface area contributed by atoms with Crippen molar-refractivity contribution in [2.24, 2.45) is 0 Å². The lowest BCUT2D eigenvalue weighted by Crippen LogP contribution is -2.45. The molecule has 0 spiro atoms. The summed E-state index contributed by atoms with van der Waals surface area (Å²) in [4.78, 5) is 2.37. The molecule has 1 heterocycles. The van der Waals surface area contributed by atoms with Crippen LogP contribution in [0.4, 0.5) is 5.69 Å². The zero-order valence-corrected chi connectivity index (χ0v) is 10.6. The highest BCUT2D eigenvalue weighted by Gasteiger charge is 2.24. The third-order valence-corrected chi connectivity index (χ3v) is 3.40. The number of morpholine rings is 1. The minimum atomic E-state index is -0.424. The molecule has 1 aliphatic rings. The van der Waals surface area contributed by atoms with Crippen molar-refractivity contribution in [2.45, 2.75) is 32.4 Å². The summed E-state index contributed by atoms with van der Waals surface area (Å²) in [5.74, 6) is 0. The van der Waals surface area contributed by atoms with E-state index >= 15 is 0 Å². The fraction of sp³-hybridized carbons (Fsp3) is 0.571. The van der Waals surface area contributed by atoms with Gasteiger partial charge >= 0.3 is 0 Å². The van der Waals surface area contributed by atoms with E-state index in [0.29, 0.717) is 6.04 Å². The molecule has 0 aliphatic carbocycles. The lowest BCUT2D eigenvalue weighted by atomic mass is 10.0. The molecule has 3 nitrogen and oxygen atoms in total. The van der Waals surface area contributed by atoms with E-state index in [-0.39, 0.29) is 0 Å². The Hall–Kier alpha value is -1.06. The number of aliphatic hydroxyl groups excluding tert-OH is 1. The minimum absolute atomic E-state index is 0.420. The second-order valence-electron chi connectivity index (χ2n) is 4.57. The largest absolute Gasteiger partial charge is 0.389 e. The Labute approximate surface area is 103 Å². The number of hydrogen-bond donors (Lipinski definition) is 1. The number of hydrogen-bond acceptors (Lipinski definition) is 3. The van der Waals surface area contributed by atoms with E-state index in [1.165, 1.54) is 0 Å². The Morgan fingerprint density at radius 2 is 2.24 bits per heavy atom. The second-order valence-corrected chi connectivity index (χ2v) is 4.57. The summed E-state index contributed by atoms with van der Waals surface area (Å²) in [7, 11) is 0. The van der Waals surface area contributed by atoms with Gasteiger partial charge in [0.2, 0.25) is 0 Å². The molecule has 1 aromatic rings. The number of nitrogens with zero attached hydrogens (tertiary/aromatic N) is 1. The molecule has 0 saturated carbocycles. The van der Waals surface area contributed by atoms with Crippen LogP contribution in [0.1, 0.15) is 31.9 Å². The van der Waals surface area contributed by atoms with Gasteiger partial charge in [0.15, 0.2) is 0 Å². The Morgan fingerprint density at radius 3 is 2.94 bits per heavy atom. The van der Waals surface area contributed by atoms with Crippen LogP contribution >= 0.6 is 0 Å². The molecule has 0 aromatic heterocycles. The van der Waals surface area contributed by atoms with Crippen LogP contribution in [0.5, 0.6) is 0 Å². The molecule has 0 bridgehead atoms. The zero-order chi connectivity index (χ0) is 12.3. The highest BCUT2D eigenvalue weighted by molar-refractivity contribution is 5.55. The van der Waals surface area contributed by atoms with Gasteiger partial charge in [0.05, 0.1) is 25.4 Å². The van der Waals surface area contributed by atoms with Gasteiger partial charge < -0.3 is 14.7 Å². The molecule has 1 aliphatic heterocycles. The first kappa shape index (κ1) is 12.4. The van der Waals surface area contributed by atoms with Gasteiger partial charge in [-0.05, 0) is 19.4 Å². The first-order chi connectivity index (χ1) is 8.24. The SMILES string of the molecule is CCC1COCCN1c1ccccc1[C@@H](C)O. The van der Waals surface area contributed by atoms with Crippen LogP contribution in [0, 0.1) is 0 Å². The van der Waals surface area contributed by atoms with Gasteiger partial charge in [-0.2, -0.15) is 0 Å². The summed E-state index contributed by atoms with van der Waals surface area (Å²) in [6.07, 6.45) is 0.639. The van der Waals surface area contributed by atoms with Gasteiger partial charge in [0, 0.05) is 17.8 Å². The highest BCUT2D eigenvalue weighted by atomic mass is 16.5. The molecule has 2 atom stereocenters. The highest BCUT2D eigenvalue weighted by Crippen LogP contribution is 2.29. The van der Waals surface area contributed by atoms with Gasteiger partial charge in [0.1, 0.15) is 0 Å². The average molecular weight is 235 g/mol. The molecule has 2 rings (SSSR count). The predicted molar refractivity (Wildman–Crippen MR) is 69.3 cm³/mol. The number of rotatable bonds is 3. The van der Waals surface area contributed by atoms with E-state index in [1.807, 2.05) is 25.1 Å². The van der Waals surface area contributed by atoms with Crippen LogP contribution in [0.2, 0.25) is 0 Å². The summed E-state index contributed by atoms with van der Waals surface area (Å²) >= 11 is 0. The van der Waals surface area contributed by atoms with Gasteiger partial charge in [-0.1, -0.05) is 25.1 Å². The Morgan fingerprint density at radius 1 is 1.47 bits per heavy atom. The normalized spacial score (nSPS) is 22.5. The quantitative estimate of drug-likeness (QED) is 0.873. The lowest BCUT2D eigenvalue weighted by molar-refractivity contribution is 0.0925. The topological polar surface area (TPSA) is 32.7 Å². The second kappa shape index (κ2) is 5.52. The number of ether oxygens (including phenoxy) is 1. The van der Waals surface area contributed by atoms with E-state index in [9.17, 15) is 5.11 Å². The van der Waals surface area contributed by atoms with Crippen LogP contribution in [0.15, 0.2) is 24.3 Å². The third-order valence-electron chi connectivity index (χ3n) is 3.40. The maximum absolute atomic E-state index is 9.84. The molecule has 1 unspecified atom stereocenters. The van der Waals surface area contributed by atoms with Crippen LogP contribution in [0.25, 0.3) is 0 Å². The Bertz CT molecular complexity index is 365. The molecular weight excluding hydrogens is 214 g/mol. The molecule has 1 fully saturated rings. The molecular formula is C14H21NO2. The fourth-order valence-corrected chi connectivity index (χ4v) is 2.41. The monoisotopic (exact) mass is 235 g/mol. The van der Waals surface area contributed by atoms with E-state index in [0.717, 1.165) is 37.4 Å². The maximum Gasteiger partial charge on any atom is 0.0781 e. The van der Waals surface area contributed by atoms with E-state index in [2.05, 4.69) is 17.9 Å². The number of anilines is 1. The molecule has 0 radical (unpaired) electrons. The van der Waals surface area contributed by atoms with Crippen molar-refractivity contribution < 1.29 is 9.84 Å². The first-order valence-electron chi connectivity index (χ1n) is 6.35. The van der Waals surface area contributed by atoms with E-state index < -0.39 is 6.10 Å². The van der Waals surface area contributed by atoms with Gasteiger partial charge in [0.25, 0.3) is 0 Å². The summed E-state index contributed by atoms with van der Waals surface area (Å²) in [6, 6.07) is 8.53. The Kier molecular flexibility index (Phi) is 4.02. The molecule has 0 amide bonds. The zero-order valence-electron chi connectivity index (χ0n) is 10.6. The van der Waals surface area contributed by atoms with Crippen molar-refractivity contribution in [1.29, 1.82) is 0 Å². The fourth-order valence-electron chi connectivity index (χ4n) is 2.41. The molecule has 1 aromatic carbocycles. The van der Waals surface area contributed by atoms with Crippen LogP contribution in [0.3, 0.4) is 0 Å². The van der Waals surface area contributed by atoms with Crippen molar-refractivity contribution in [3.63, 3.8) is 0 Å². The van der Waals surface area contributed by atoms with Crippen LogP contribution in [-0.4, -0.2) is 30.9 Å².